The lowest BCUT2D eigenvalue weighted by molar-refractivity contribution is -0.140. The van der Waals surface area contributed by atoms with Crippen molar-refractivity contribution in [3.05, 3.63) is 95.1 Å². The average molecular weight is 1510 g/mol. The zero-order valence-electron chi connectivity index (χ0n) is 63.3. The van der Waals surface area contributed by atoms with E-state index in [1.54, 1.807) is 54.4 Å². The van der Waals surface area contributed by atoms with Crippen LogP contribution >= 0.6 is 0 Å². The number of aliphatic hydroxyl groups excluding tert-OH is 1. The van der Waals surface area contributed by atoms with Gasteiger partial charge >= 0.3 is 6.09 Å². The van der Waals surface area contributed by atoms with E-state index in [0.717, 1.165) is 10.5 Å². The predicted octanol–water partition coefficient (Wildman–Crippen LogP) is 6.19. The number of anilines is 1. The molecule has 5 heterocycles. The highest BCUT2D eigenvalue weighted by atomic mass is 16.6. The van der Waals surface area contributed by atoms with E-state index < -0.39 is 42.1 Å². The molecule has 5 aliphatic rings. The third-order valence-electron chi connectivity index (χ3n) is 18.9. The number of Topliss-reactive ketones (excluding diaryl/α,β-unsaturated/α-hetero) is 2. The number of aliphatic imine (C=N–C) groups is 1. The summed E-state index contributed by atoms with van der Waals surface area (Å²) in [5, 5.41) is 17.5. The van der Waals surface area contributed by atoms with Gasteiger partial charge in [0.05, 0.1) is 174 Å². The fourth-order valence-electron chi connectivity index (χ4n) is 12.8. The minimum absolute atomic E-state index is 0.0180. The summed E-state index contributed by atoms with van der Waals surface area (Å²) in [6, 6.07) is 11.2. The van der Waals surface area contributed by atoms with Gasteiger partial charge in [-0.2, -0.15) is 0 Å². The number of imide groups is 1. The maximum absolute atomic E-state index is 14.3. The number of fused-ring (bicyclic) bond motifs is 4. The molecule has 3 aromatic rings. The molecule has 2 unspecified atom stereocenters. The third-order valence-corrected chi connectivity index (χ3v) is 18.9. The maximum Gasteiger partial charge on any atom is 0.416 e. The zero-order valence-corrected chi connectivity index (χ0v) is 63.3. The minimum atomic E-state index is -1.54. The molecule has 0 aliphatic carbocycles. The number of aliphatic hydroxyl groups is 1. The second-order valence-corrected chi connectivity index (χ2v) is 27.6. The van der Waals surface area contributed by atoms with Crippen molar-refractivity contribution in [2.45, 2.75) is 117 Å². The number of carbonyl (C=O) groups excluding carboxylic acids is 9. The van der Waals surface area contributed by atoms with Gasteiger partial charge in [-0.15, -0.1) is 0 Å². The van der Waals surface area contributed by atoms with Crippen LogP contribution in [-0.4, -0.2) is 263 Å². The van der Waals surface area contributed by atoms with E-state index in [1.165, 1.54) is 36.2 Å². The average Bonchev–Trinajstić information content (AvgIpc) is 1.59. The number of methoxy groups -OCH3 is 2. The van der Waals surface area contributed by atoms with Gasteiger partial charge in [-0.3, -0.25) is 48.2 Å². The molecular formula is C78H107N7O23. The lowest BCUT2D eigenvalue weighted by atomic mass is 9.88. The highest BCUT2D eigenvalue weighted by Crippen LogP contribution is 2.43. The Hall–Kier alpha value is -8.72. The van der Waals surface area contributed by atoms with E-state index in [9.17, 15) is 48.3 Å². The highest BCUT2D eigenvalue weighted by Gasteiger charge is 2.47. The molecule has 30 heteroatoms. The Morgan fingerprint density at radius 3 is 1.70 bits per heavy atom. The molecule has 6 atom stereocenters. The van der Waals surface area contributed by atoms with Crippen molar-refractivity contribution in [1.29, 1.82) is 0 Å². The molecular weight excluding hydrogens is 1400 g/mol. The van der Waals surface area contributed by atoms with Gasteiger partial charge < -0.3 is 87.1 Å². The molecule has 0 radical (unpaired) electrons. The molecule has 0 saturated carbocycles. The molecule has 3 N–H and O–H groups in total. The van der Waals surface area contributed by atoms with Crippen LogP contribution in [0.2, 0.25) is 0 Å². The Labute approximate surface area is 631 Å². The number of benzene rings is 3. The molecule has 0 bridgehead atoms. The maximum atomic E-state index is 14.3. The van der Waals surface area contributed by atoms with Crippen molar-refractivity contribution < 1.29 is 110 Å². The fourth-order valence-corrected chi connectivity index (χ4v) is 12.8. The number of ketones is 2. The largest absolute Gasteiger partial charge is 0.493 e. The molecule has 3 fully saturated rings. The Bertz CT molecular complexity index is 3600. The van der Waals surface area contributed by atoms with E-state index in [4.69, 9.17) is 61.6 Å². The lowest BCUT2D eigenvalue weighted by Gasteiger charge is -2.31. The van der Waals surface area contributed by atoms with Crippen molar-refractivity contribution >= 4 is 70.7 Å². The van der Waals surface area contributed by atoms with Crippen LogP contribution in [0, 0.1) is 23.7 Å². The van der Waals surface area contributed by atoms with Crippen LogP contribution in [0.3, 0.4) is 0 Å². The number of rotatable bonds is 49. The van der Waals surface area contributed by atoms with Crippen LogP contribution in [0.25, 0.3) is 0 Å². The molecule has 3 saturated heterocycles. The van der Waals surface area contributed by atoms with Crippen LogP contribution in [0.15, 0.2) is 77.8 Å². The highest BCUT2D eigenvalue weighted by molar-refractivity contribution is 6.07. The van der Waals surface area contributed by atoms with E-state index in [1.807, 2.05) is 27.7 Å². The monoisotopic (exact) mass is 1510 g/mol. The van der Waals surface area contributed by atoms with Crippen LogP contribution in [0.1, 0.15) is 111 Å². The molecule has 3 aromatic carbocycles. The molecule has 0 spiro atoms. The molecule has 5 aliphatic heterocycles. The topological polar surface area (TPSA) is 343 Å². The number of hydrogen-bond donors (Lipinski definition) is 3. The standard InChI is InChI=1S/C78H107N7O23/c1-50(2)59(40-58(86)16-21-98-23-25-100-27-29-102-31-33-104-35-36-105-34-32-103-30-28-101-26-24-99-22-17-79-71(88)15-18-82-72(89)43-60(51(3)4)74(82)91)73(90)81-54(7)66(87)39-55-11-13-56(14-12-55)49-108-78(95)85-64-45-70(68(97-9)42-62(64)76(93)84-48-53(6)38-65(84)77(85)94)107-20-10-19-106-69-44-63-61(41-67(69)96-8)75(92)83-47-52(5)37-57(83)46-80-63/h11-14,41-42,44-46,50-51,54,57,59-60,65,77,94H,5-6,10,15-40,43,47-49H2,1-4,7-9H3,(H,79,88)(H,81,90)/t54-,57-,59-,60?,65-,77?/m0/s1. The summed E-state index contributed by atoms with van der Waals surface area (Å²) < 4.78 is 73.8. The Kier molecular flexibility index (Phi) is 34.2. The first-order chi connectivity index (χ1) is 52.1. The summed E-state index contributed by atoms with van der Waals surface area (Å²) in [6.07, 6.45) is 0.826. The summed E-state index contributed by atoms with van der Waals surface area (Å²) in [6.45, 7) is 23.9. The Morgan fingerprint density at radius 1 is 0.611 bits per heavy atom. The summed E-state index contributed by atoms with van der Waals surface area (Å²) >= 11 is 0. The number of nitrogens with one attached hydrogen (secondary N) is 2. The smallest absolute Gasteiger partial charge is 0.416 e. The molecule has 592 valence electrons. The molecule has 7 amide bonds. The number of likely N-dealkylation sites (tertiary alicyclic amines) is 1. The molecule has 30 nitrogen and oxygen atoms in total. The molecule has 8 rings (SSSR count). The fraction of sp³-hybridized carbons (Fsp3) is 0.590. The first-order valence-corrected chi connectivity index (χ1v) is 37.1. The summed E-state index contributed by atoms with van der Waals surface area (Å²) in [5.74, 6) is -2.06. The third kappa shape index (κ3) is 24.9. The molecule has 0 aromatic heterocycles. The van der Waals surface area contributed by atoms with Crippen LogP contribution in [0.4, 0.5) is 16.2 Å². The van der Waals surface area contributed by atoms with Gasteiger partial charge in [-0.25, -0.2) is 9.69 Å². The SMILES string of the molecule is C=C1C[C@H]2C=Nc3cc(OCCCOc4cc5c(cc4OC)C(=O)N4CC(=C)C[C@H]4C(O)N5C(=O)OCc4ccc(CC(=O)[C@H](C)NC(=O)[C@@H](CC(=O)CCOCCOCCOCCOCCOCCOCCOCCOCCNC(=O)CCN5C(=O)CC(C(C)C)C5=O)C(C)C)cc4)c(OC)cc3C(=O)N2C1. The predicted molar refractivity (Wildman–Crippen MR) is 395 cm³/mol. The van der Waals surface area contributed by atoms with Crippen molar-refractivity contribution in [1.82, 2.24) is 25.3 Å². The first-order valence-electron chi connectivity index (χ1n) is 37.1. The van der Waals surface area contributed by atoms with Crippen molar-refractivity contribution in [2.75, 3.05) is 164 Å². The van der Waals surface area contributed by atoms with Crippen LogP contribution < -0.4 is 34.5 Å². The van der Waals surface area contributed by atoms with Gasteiger partial charge in [-0.05, 0) is 54.9 Å². The zero-order chi connectivity index (χ0) is 77.7. The van der Waals surface area contributed by atoms with Gasteiger partial charge in [0.25, 0.3) is 11.8 Å². The number of carbonyl (C=O) groups is 9. The van der Waals surface area contributed by atoms with E-state index in [-0.39, 0.29) is 166 Å². The number of amides is 7. The number of hydrogen-bond acceptors (Lipinski definition) is 24. The second kappa shape index (κ2) is 43.5. The second-order valence-electron chi connectivity index (χ2n) is 27.6. The number of nitrogens with zero attached hydrogens (tertiary/aromatic N) is 5. The van der Waals surface area contributed by atoms with Gasteiger partial charge in [0.15, 0.2) is 35.0 Å². The normalized spacial score (nSPS) is 18.1. The Morgan fingerprint density at radius 2 is 1.14 bits per heavy atom. The molecule has 108 heavy (non-hydrogen) atoms. The van der Waals surface area contributed by atoms with E-state index in [2.05, 4.69) is 28.8 Å². The minimum Gasteiger partial charge on any atom is -0.493 e. The van der Waals surface area contributed by atoms with Crippen molar-refractivity contribution in [3.8, 4) is 23.0 Å². The van der Waals surface area contributed by atoms with E-state index >= 15 is 0 Å². The van der Waals surface area contributed by atoms with Gasteiger partial charge in [-0.1, -0.05) is 76.3 Å². The van der Waals surface area contributed by atoms with Crippen molar-refractivity contribution in [3.63, 3.8) is 0 Å². The van der Waals surface area contributed by atoms with Crippen LogP contribution in [-0.2, 0) is 84.4 Å². The quantitative estimate of drug-likeness (QED) is 0.0322. The Balaban J connectivity index is 0.643. The van der Waals surface area contributed by atoms with Gasteiger partial charge in [0.2, 0.25) is 23.6 Å². The van der Waals surface area contributed by atoms with E-state index in [0.29, 0.717) is 158 Å². The summed E-state index contributed by atoms with van der Waals surface area (Å²) in [5.41, 5.74) is 3.83. The summed E-state index contributed by atoms with van der Waals surface area (Å²) in [7, 11) is 2.91. The van der Waals surface area contributed by atoms with Crippen molar-refractivity contribution in [2.24, 2.45) is 28.7 Å². The summed E-state index contributed by atoms with van der Waals surface area (Å²) in [4.78, 5) is 129. The van der Waals surface area contributed by atoms with Gasteiger partial charge in [0.1, 0.15) is 12.4 Å². The lowest BCUT2D eigenvalue weighted by Crippen LogP contribution is -2.50. The van der Waals surface area contributed by atoms with Gasteiger partial charge in [0, 0.05) is 94.9 Å². The first kappa shape index (κ1) is 84.9. The van der Waals surface area contributed by atoms with Crippen LogP contribution in [0.5, 0.6) is 23.0 Å². The number of ether oxygens (including phenoxy) is 13.